The van der Waals surface area contributed by atoms with Crippen LogP contribution in [0.25, 0.3) is 0 Å². The van der Waals surface area contributed by atoms with Gasteiger partial charge in [0.2, 0.25) is 0 Å². The van der Waals surface area contributed by atoms with Gasteiger partial charge in [0.25, 0.3) is 5.91 Å². The van der Waals surface area contributed by atoms with Gasteiger partial charge in [-0.1, -0.05) is 30.7 Å². The molecule has 1 aliphatic heterocycles. The van der Waals surface area contributed by atoms with Crippen LogP contribution in [0.2, 0.25) is 0 Å². The Hall–Kier alpha value is -2.07. The Morgan fingerprint density at radius 3 is 2.72 bits per heavy atom. The van der Waals surface area contributed by atoms with Crippen LogP contribution in [0, 0.1) is 11.8 Å². The van der Waals surface area contributed by atoms with Crippen molar-refractivity contribution in [2.45, 2.75) is 62.4 Å². The normalized spacial score (nSPS) is 32.6. The number of rotatable bonds is 3. The van der Waals surface area contributed by atoms with Crippen molar-refractivity contribution in [3.05, 3.63) is 59.5 Å². The van der Waals surface area contributed by atoms with E-state index in [9.17, 15) is 4.79 Å². The van der Waals surface area contributed by atoms with Crippen molar-refractivity contribution in [3.63, 3.8) is 0 Å². The molecule has 2 saturated carbocycles. The standard InChI is InChI=1S/C25H30N2O2.H2/c28-24(19-7-12-29-16-19)26-22-15-25(21-4-2-1-3-20(21)22)8-10-27(11-9-25)23-14-17-5-6-18(23)13-17;/h1-4,7,12,16-18,22-23H,5-6,8-11,13-15H2,(H,26,28);1H/t17-,18+,22-,23+;/m0./s1. The molecule has 1 N–H and O–H groups in total. The number of fused-ring (bicyclic) bond motifs is 4. The predicted molar refractivity (Wildman–Crippen MR) is 114 cm³/mol. The fourth-order valence-electron chi connectivity index (χ4n) is 7.07. The third-order valence-corrected chi connectivity index (χ3v) is 8.52. The Morgan fingerprint density at radius 1 is 1.14 bits per heavy atom. The van der Waals surface area contributed by atoms with Crippen molar-refractivity contribution >= 4 is 5.91 Å². The first-order valence-corrected chi connectivity index (χ1v) is 11.4. The molecule has 1 spiro atoms. The molecule has 4 heteroatoms. The minimum absolute atomic E-state index is 0. The molecule has 2 bridgehead atoms. The highest BCUT2D eigenvalue weighted by Gasteiger charge is 2.49. The van der Waals surface area contributed by atoms with Gasteiger partial charge in [0.05, 0.1) is 17.9 Å². The Kier molecular flexibility index (Phi) is 4.12. The molecule has 0 radical (unpaired) electrons. The topological polar surface area (TPSA) is 45.5 Å². The van der Waals surface area contributed by atoms with E-state index in [1.54, 1.807) is 12.3 Å². The fourth-order valence-corrected chi connectivity index (χ4v) is 7.07. The summed E-state index contributed by atoms with van der Waals surface area (Å²) in [5.74, 6) is 1.94. The summed E-state index contributed by atoms with van der Waals surface area (Å²) in [6, 6.07) is 11.5. The molecule has 1 aromatic carbocycles. The smallest absolute Gasteiger partial charge is 0.255 e. The molecule has 0 unspecified atom stereocenters. The Balaban J connectivity index is 0.00000193. The molecular formula is C25H32N2O2. The number of carbonyl (C=O) groups is 1. The van der Waals surface area contributed by atoms with Gasteiger partial charge in [-0.15, -0.1) is 0 Å². The quantitative estimate of drug-likeness (QED) is 0.806. The van der Waals surface area contributed by atoms with Crippen LogP contribution in [-0.2, 0) is 5.41 Å². The lowest BCUT2D eigenvalue weighted by Crippen LogP contribution is -2.48. The van der Waals surface area contributed by atoms with Gasteiger partial charge in [-0.25, -0.2) is 0 Å². The molecule has 154 valence electrons. The van der Waals surface area contributed by atoms with E-state index in [1.165, 1.54) is 69.0 Å². The molecular weight excluding hydrogens is 360 g/mol. The monoisotopic (exact) mass is 392 g/mol. The summed E-state index contributed by atoms with van der Waals surface area (Å²) >= 11 is 0. The lowest BCUT2D eigenvalue weighted by Gasteiger charge is -2.44. The summed E-state index contributed by atoms with van der Waals surface area (Å²) in [5.41, 5.74) is 3.62. The zero-order chi connectivity index (χ0) is 19.4. The zero-order valence-corrected chi connectivity index (χ0v) is 17.0. The molecule has 2 aromatic rings. The third-order valence-electron chi connectivity index (χ3n) is 8.52. The van der Waals surface area contributed by atoms with Crippen LogP contribution >= 0.6 is 0 Å². The third kappa shape index (κ3) is 2.87. The number of likely N-dealkylation sites (tertiary alicyclic amines) is 1. The van der Waals surface area contributed by atoms with Crippen LogP contribution < -0.4 is 5.32 Å². The van der Waals surface area contributed by atoms with Crippen molar-refractivity contribution in [3.8, 4) is 0 Å². The van der Waals surface area contributed by atoms with E-state index < -0.39 is 0 Å². The Morgan fingerprint density at radius 2 is 2.00 bits per heavy atom. The maximum Gasteiger partial charge on any atom is 0.255 e. The number of carbonyl (C=O) groups excluding carboxylic acids is 1. The van der Waals surface area contributed by atoms with Gasteiger partial charge in [-0.2, -0.15) is 0 Å². The first kappa shape index (κ1) is 17.8. The zero-order valence-electron chi connectivity index (χ0n) is 17.0. The number of hydrogen-bond acceptors (Lipinski definition) is 3. The van der Waals surface area contributed by atoms with Gasteiger partial charge in [0, 0.05) is 12.9 Å². The van der Waals surface area contributed by atoms with E-state index in [0.717, 1.165) is 24.3 Å². The molecule has 3 fully saturated rings. The van der Waals surface area contributed by atoms with E-state index in [0.29, 0.717) is 5.56 Å². The highest BCUT2D eigenvalue weighted by molar-refractivity contribution is 5.94. The molecule has 3 aliphatic carbocycles. The molecule has 4 aliphatic rings. The first-order chi connectivity index (χ1) is 14.2. The van der Waals surface area contributed by atoms with Gasteiger partial charge in [-0.3, -0.25) is 4.79 Å². The van der Waals surface area contributed by atoms with E-state index in [-0.39, 0.29) is 18.8 Å². The number of nitrogens with one attached hydrogen (secondary N) is 1. The summed E-state index contributed by atoms with van der Waals surface area (Å²) in [5, 5.41) is 3.28. The van der Waals surface area contributed by atoms with Gasteiger partial charge in [0.1, 0.15) is 6.26 Å². The molecule has 2 heterocycles. The van der Waals surface area contributed by atoms with Crippen LogP contribution in [0.15, 0.2) is 47.3 Å². The van der Waals surface area contributed by atoms with E-state index in [1.807, 2.05) is 0 Å². The minimum atomic E-state index is -0.0324. The van der Waals surface area contributed by atoms with Crippen molar-refractivity contribution in [1.82, 2.24) is 10.2 Å². The summed E-state index contributed by atoms with van der Waals surface area (Å²) in [6.07, 6.45) is 12.4. The van der Waals surface area contributed by atoms with Crippen LogP contribution in [0.1, 0.15) is 73.9 Å². The van der Waals surface area contributed by atoms with E-state index in [2.05, 4.69) is 34.5 Å². The number of amides is 1. The second kappa shape index (κ2) is 6.73. The van der Waals surface area contributed by atoms with Gasteiger partial charge in [-0.05, 0) is 80.6 Å². The van der Waals surface area contributed by atoms with E-state index in [4.69, 9.17) is 4.42 Å². The Labute approximate surface area is 174 Å². The highest BCUT2D eigenvalue weighted by Crippen LogP contribution is 2.53. The minimum Gasteiger partial charge on any atom is -0.472 e. The molecule has 6 rings (SSSR count). The number of piperidine rings is 1. The van der Waals surface area contributed by atoms with Crippen molar-refractivity contribution in [2.24, 2.45) is 11.8 Å². The van der Waals surface area contributed by atoms with Crippen LogP contribution in [0.4, 0.5) is 0 Å². The van der Waals surface area contributed by atoms with E-state index >= 15 is 0 Å². The number of benzene rings is 1. The number of furan rings is 1. The predicted octanol–water partition coefficient (Wildman–Crippen LogP) is 4.92. The summed E-state index contributed by atoms with van der Waals surface area (Å²) in [6.45, 7) is 2.43. The summed E-state index contributed by atoms with van der Waals surface area (Å²) in [4.78, 5) is 15.5. The molecule has 4 nitrogen and oxygen atoms in total. The highest BCUT2D eigenvalue weighted by atomic mass is 16.3. The molecule has 1 amide bonds. The maximum atomic E-state index is 12.7. The number of hydrogen-bond donors (Lipinski definition) is 1. The molecule has 29 heavy (non-hydrogen) atoms. The Bertz CT molecular complexity index is 904. The second-order valence-corrected chi connectivity index (χ2v) is 9.89. The van der Waals surface area contributed by atoms with Crippen molar-refractivity contribution in [1.29, 1.82) is 0 Å². The second-order valence-electron chi connectivity index (χ2n) is 9.89. The molecule has 1 aromatic heterocycles. The lowest BCUT2D eigenvalue weighted by molar-refractivity contribution is 0.0791. The first-order valence-electron chi connectivity index (χ1n) is 11.4. The van der Waals surface area contributed by atoms with Gasteiger partial charge >= 0.3 is 0 Å². The van der Waals surface area contributed by atoms with Crippen LogP contribution in [0.3, 0.4) is 0 Å². The average molecular weight is 393 g/mol. The van der Waals surface area contributed by atoms with Crippen molar-refractivity contribution in [2.75, 3.05) is 13.1 Å². The van der Waals surface area contributed by atoms with Crippen molar-refractivity contribution < 1.29 is 10.6 Å². The summed E-state index contributed by atoms with van der Waals surface area (Å²) in [7, 11) is 0. The molecule has 1 saturated heterocycles. The SMILES string of the molecule is O=C(N[C@H]1CC2(CCN([C@@H]3C[C@H]4CC[C@@H]3C4)CC2)c2ccccc21)c1ccoc1.[HH]. The largest absolute Gasteiger partial charge is 0.472 e. The average Bonchev–Trinajstić information content (AvgIpc) is 3.54. The maximum absolute atomic E-state index is 12.7. The number of nitrogens with zero attached hydrogens (tertiary/aromatic N) is 1. The summed E-state index contributed by atoms with van der Waals surface area (Å²) < 4.78 is 5.09. The van der Waals surface area contributed by atoms with Gasteiger partial charge < -0.3 is 14.6 Å². The van der Waals surface area contributed by atoms with Crippen LogP contribution in [-0.4, -0.2) is 29.9 Å². The fraction of sp³-hybridized carbons (Fsp3) is 0.560. The van der Waals surface area contributed by atoms with Gasteiger partial charge in [0.15, 0.2) is 0 Å². The molecule has 4 atom stereocenters. The van der Waals surface area contributed by atoms with Crippen LogP contribution in [0.5, 0.6) is 0 Å². The lowest BCUT2D eigenvalue weighted by atomic mass is 9.73.